The smallest absolute Gasteiger partial charge is 0.261 e. The maximum absolute atomic E-state index is 14.5. The van der Waals surface area contributed by atoms with Gasteiger partial charge in [-0.2, -0.15) is 0 Å². The van der Waals surface area contributed by atoms with Gasteiger partial charge in [0.25, 0.3) is 5.56 Å². The van der Waals surface area contributed by atoms with Gasteiger partial charge in [0.2, 0.25) is 0 Å². The third-order valence-corrected chi connectivity index (χ3v) is 7.27. The molecule has 0 saturated carbocycles. The van der Waals surface area contributed by atoms with Gasteiger partial charge in [-0.05, 0) is 81.1 Å². The molecule has 0 N–H and O–H groups in total. The number of fused-ring (bicyclic) bond motifs is 1. The van der Waals surface area contributed by atoms with Gasteiger partial charge in [0, 0.05) is 30.8 Å². The van der Waals surface area contributed by atoms with Crippen LogP contribution in [0, 0.1) is 17.6 Å². The zero-order valence-electron chi connectivity index (χ0n) is 21.4. The molecule has 1 atom stereocenters. The highest BCUT2D eigenvalue weighted by Gasteiger charge is 2.25. The Morgan fingerprint density at radius 2 is 1.86 bits per heavy atom. The first kappa shape index (κ1) is 25.1. The molecule has 0 aliphatic carbocycles. The molecule has 1 aliphatic heterocycles. The molecule has 0 unspecified atom stereocenters. The van der Waals surface area contributed by atoms with E-state index in [1.54, 1.807) is 29.9 Å². The molecule has 4 aromatic rings. The average Bonchev–Trinajstić information content (AvgIpc) is 2.90. The van der Waals surface area contributed by atoms with E-state index in [1.165, 1.54) is 12.1 Å². The minimum Gasteiger partial charge on any atom is -0.496 e. The van der Waals surface area contributed by atoms with E-state index in [9.17, 15) is 13.6 Å². The molecular formula is C30H31F2N3O2. The van der Waals surface area contributed by atoms with Crippen molar-refractivity contribution in [3.8, 4) is 28.3 Å². The number of halogens is 2. The quantitative estimate of drug-likeness (QED) is 0.317. The lowest BCUT2D eigenvalue weighted by molar-refractivity contribution is 0.130. The fourth-order valence-corrected chi connectivity index (χ4v) is 5.29. The van der Waals surface area contributed by atoms with Crippen LogP contribution in [0.4, 0.5) is 8.78 Å². The summed E-state index contributed by atoms with van der Waals surface area (Å²) in [4.78, 5) is 21.4. The van der Waals surface area contributed by atoms with Gasteiger partial charge < -0.3 is 9.64 Å². The number of nitrogens with zero attached hydrogens (tertiary/aromatic N) is 3. The van der Waals surface area contributed by atoms with Gasteiger partial charge in [-0.15, -0.1) is 0 Å². The monoisotopic (exact) mass is 503 g/mol. The van der Waals surface area contributed by atoms with Crippen molar-refractivity contribution in [3.05, 3.63) is 82.7 Å². The summed E-state index contributed by atoms with van der Waals surface area (Å²) in [5, 5.41) is 0.399. The van der Waals surface area contributed by atoms with Crippen molar-refractivity contribution >= 4 is 10.9 Å². The molecule has 37 heavy (non-hydrogen) atoms. The van der Waals surface area contributed by atoms with Crippen molar-refractivity contribution in [2.24, 2.45) is 5.92 Å². The molecule has 192 valence electrons. The van der Waals surface area contributed by atoms with Crippen LogP contribution in [0.3, 0.4) is 0 Å². The van der Waals surface area contributed by atoms with E-state index in [0.29, 0.717) is 46.5 Å². The zero-order valence-corrected chi connectivity index (χ0v) is 21.4. The molecule has 3 aromatic carbocycles. The lowest BCUT2D eigenvalue weighted by Crippen LogP contribution is -2.42. The van der Waals surface area contributed by atoms with Crippen LogP contribution in [0.25, 0.3) is 33.4 Å². The van der Waals surface area contributed by atoms with Crippen LogP contribution in [0.1, 0.15) is 26.7 Å². The highest BCUT2D eigenvalue weighted by Crippen LogP contribution is 2.31. The molecule has 5 rings (SSSR count). The SMILES string of the molecule is COc1ccccc1-c1nc2ccc(-c3ccc(F)cc3F)cc2c(=O)n1C[C@H]1CCCN(C(C)C)C1. The predicted octanol–water partition coefficient (Wildman–Crippen LogP) is 6.14. The molecule has 5 nitrogen and oxygen atoms in total. The van der Waals surface area contributed by atoms with Crippen LogP contribution < -0.4 is 10.3 Å². The Morgan fingerprint density at radius 1 is 1.05 bits per heavy atom. The van der Waals surface area contributed by atoms with E-state index in [-0.39, 0.29) is 11.1 Å². The highest BCUT2D eigenvalue weighted by molar-refractivity contribution is 5.85. The van der Waals surface area contributed by atoms with Crippen LogP contribution in [-0.2, 0) is 6.54 Å². The minimum absolute atomic E-state index is 0.183. The fourth-order valence-electron chi connectivity index (χ4n) is 5.29. The molecule has 0 spiro atoms. The first-order chi connectivity index (χ1) is 17.9. The summed E-state index contributed by atoms with van der Waals surface area (Å²) < 4.78 is 35.4. The molecule has 0 amide bonds. The Morgan fingerprint density at radius 3 is 2.62 bits per heavy atom. The average molecular weight is 504 g/mol. The molecule has 7 heteroatoms. The maximum atomic E-state index is 14.5. The van der Waals surface area contributed by atoms with Gasteiger partial charge in [-0.1, -0.05) is 18.2 Å². The maximum Gasteiger partial charge on any atom is 0.261 e. The number of hydrogen-bond donors (Lipinski definition) is 0. The molecule has 1 saturated heterocycles. The zero-order chi connectivity index (χ0) is 26.1. The van der Waals surface area contributed by atoms with Crippen molar-refractivity contribution in [1.82, 2.24) is 14.5 Å². The van der Waals surface area contributed by atoms with Crippen molar-refractivity contribution in [2.75, 3.05) is 20.2 Å². The standard InChI is InChI=1S/C30H31F2N3O2/c1-19(2)34-14-6-7-20(17-34)18-35-29(24-8-4-5-9-28(24)37-3)33-27-13-10-21(15-25(27)30(35)36)23-12-11-22(31)16-26(23)32/h4-5,8-13,15-16,19-20H,6-7,14,17-18H2,1-3H3/t20-/m0/s1. The first-order valence-electron chi connectivity index (χ1n) is 12.7. The van der Waals surface area contributed by atoms with E-state index >= 15 is 0 Å². The van der Waals surface area contributed by atoms with Crippen molar-refractivity contribution < 1.29 is 13.5 Å². The van der Waals surface area contributed by atoms with Crippen molar-refractivity contribution in [2.45, 2.75) is 39.3 Å². The second-order valence-corrected chi connectivity index (χ2v) is 10.0. The van der Waals surface area contributed by atoms with Gasteiger partial charge in [0.15, 0.2) is 0 Å². The Bertz CT molecular complexity index is 1500. The van der Waals surface area contributed by atoms with E-state index in [1.807, 2.05) is 24.3 Å². The molecule has 2 heterocycles. The summed E-state index contributed by atoms with van der Waals surface area (Å²) in [6, 6.07) is 16.5. The lowest BCUT2D eigenvalue weighted by Gasteiger charge is -2.36. The number of hydrogen-bond acceptors (Lipinski definition) is 4. The van der Waals surface area contributed by atoms with E-state index in [2.05, 4.69) is 18.7 Å². The van der Waals surface area contributed by atoms with Crippen molar-refractivity contribution in [3.63, 3.8) is 0 Å². The summed E-state index contributed by atoms with van der Waals surface area (Å²) in [7, 11) is 1.60. The van der Waals surface area contributed by atoms with Crippen LogP contribution in [-0.4, -0.2) is 40.7 Å². The number of aromatic nitrogens is 2. The fraction of sp³-hybridized carbons (Fsp3) is 0.333. The van der Waals surface area contributed by atoms with Gasteiger partial charge in [0.05, 0.1) is 23.6 Å². The van der Waals surface area contributed by atoms with Crippen LogP contribution in [0.5, 0.6) is 5.75 Å². The minimum atomic E-state index is -0.672. The van der Waals surface area contributed by atoms with E-state index in [0.717, 1.165) is 37.6 Å². The number of ether oxygens (including phenoxy) is 1. The van der Waals surface area contributed by atoms with Crippen LogP contribution in [0.2, 0.25) is 0 Å². The van der Waals surface area contributed by atoms with Gasteiger partial charge in [0.1, 0.15) is 23.2 Å². The molecule has 1 fully saturated rings. The summed E-state index contributed by atoms with van der Waals surface area (Å²) >= 11 is 0. The Labute approximate surface area is 215 Å². The van der Waals surface area contributed by atoms with Gasteiger partial charge >= 0.3 is 0 Å². The number of methoxy groups -OCH3 is 1. The third kappa shape index (κ3) is 5.01. The second-order valence-electron chi connectivity index (χ2n) is 10.0. The molecule has 0 radical (unpaired) electrons. The lowest BCUT2D eigenvalue weighted by atomic mass is 9.96. The number of rotatable bonds is 6. The molecule has 1 aliphatic rings. The van der Waals surface area contributed by atoms with Crippen LogP contribution in [0.15, 0.2) is 65.5 Å². The summed E-state index contributed by atoms with van der Waals surface area (Å²) in [6.45, 7) is 6.89. The second kappa shape index (κ2) is 10.4. The normalized spacial score (nSPS) is 16.4. The summed E-state index contributed by atoms with van der Waals surface area (Å²) in [5.74, 6) is 0.168. The number of likely N-dealkylation sites (tertiary alicyclic amines) is 1. The number of benzene rings is 3. The molecule has 1 aromatic heterocycles. The third-order valence-electron chi connectivity index (χ3n) is 7.27. The van der Waals surface area contributed by atoms with Gasteiger partial charge in [-0.3, -0.25) is 9.36 Å². The Hall–Kier alpha value is -3.58. The van der Waals surface area contributed by atoms with E-state index < -0.39 is 11.6 Å². The summed E-state index contributed by atoms with van der Waals surface area (Å²) in [5.41, 5.74) is 1.82. The van der Waals surface area contributed by atoms with Crippen LogP contribution >= 0.6 is 0 Å². The highest BCUT2D eigenvalue weighted by atomic mass is 19.1. The summed E-state index contributed by atoms with van der Waals surface area (Å²) in [6.07, 6.45) is 2.11. The van der Waals surface area contributed by atoms with Gasteiger partial charge in [-0.25, -0.2) is 13.8 Å². The largest absolute Gasteiger partial charge is 0.496 e. The topological polar surface area (TPSA) is 47.4 Å². The number of para-hydroxylation sites is 1. The molecule has 0 bridgehead atoms. The first-order valence-corrected chi connectivity index (χ1v) is 12.7. The Balaban J connectivity index is 1.67. The van der Waals surface area contributed by atoms with E-state index in [4.69, 9.17) is 9.72 Å². The number of piperidine rings is 1. The predicted molar refractivity (Wildman–Crippen MR) is 143 cm³/mol. The molecular weight excluding hydrogens is 472 g/mol. The van der Waals surface area contributed by atoms with Crippen molar-refractivity contribution in [1.29, 1.82) is 0 Å². The Kier molecular flexibility index (Phi) is 7.07.